The third-order valence-electron chi connectivity index (χ3n) is 3.19. The lowest BCUT2D eigenvalue weighted by Crippen LogP contribution is -2.16. The Morgan fingerprint density at radius 2 is 2.05 bits per heavy atom. The second kappa shape index (κ2) is 8.15. The molecule has 0 aliphatic carbocycles. The van der Waals surface area contributed by atoms with Gasteiger partial charge in [0.05, 0.1) is 0 Å². The highest BCUT2D eigenvalue weighted by molar-refractivity contribution is 9.10. The zero-order valence-electron chi connectivity index (χ0n) is 12.5. The summed E-state index contributed by atoms with van der Waals surface area (Å²) in [5.74, 6) is 0.693. The molecule has 112 valence electrons. The van der Waals surface area contributed by atoms with Gasteiger partial charge in [-0.1, -0.05) is 37.3 Å². The minimum atomic E-state index is -0.0233. The molecule has 21 heavy (non-hydrogen) atoms. The Hall–Kier alpha value is -1.39. The van der Waals surface area contributed by atoms with E-state index >= 15 is 0 Å². The molecule has 4 heteroatoms. The van der Waals surface area contributed by atoms with E-state index in [-0.39, 0.29) is 6.10 Å². The third-order valence-corrected chi connectivity index (χ3v) is 3.63. The predicted molar refractivity (Wildman–Crippen MR) is 89.4 cm³/mol. The van der Waals surface area contributed by atoms with E-state index in [0.717, 1.165) is 35.1 Å². The monoisotopic (exact) mass is 348 g/mol. The molecule has 0 spiro atoms. The van der Waals surface area contributed by atoms with Crippen molar-refractivity contribution in [1.29, 1.82) is 0 Å². The van der Waals surface area contributed by atoms with Crippen LogP contribution >= 0.6 is 15.9 Å². The molecular formula is C17H21BrN2O. The number of aromatic nitrogens is 1. The fraction of sp³-hybridized carbons (Fsp3) is 0.353. The number of hydrogen-bond donors (Lipinski definition) is 1. The van der Waals surface area contributed by atoms with Gasteiger partial charge in [0.1, 0.15) is 6.10 Å². The number of ether oxygens (including phenoxy) is 1. The highest BCUT2D eigenvalue weighted by atomic mass is 79.9. The molecule has 0 saturated carbocycles. The Morgan fingerprint density at radius 3 is 2.76 bits per heavy atom. The molecule has 1 atom stereocenters. The van der Waals surface area contributed by atoms with E-state index in [0.29, 0.717) is 5.88 Å². The SMILES string of the molecule is CCCNCc1cc(Br)cnc1OC(C)c1ccccc1. The molecule has 0 bridgehead atoms. The van der Waals surface area contributed by atoms with Crippen LogP contribution in [0.4, 0.5) is 0 Å². The number of benzene rings is 1. The number of rotatable bonds is 7. The van der Waals surface area contributed by atoms with Gasteiger partial charge in [-0.25, -0.2) is 4.98 Å². The van der Waals surface area contributed by atoms with Crippen LogP contribution in [0.1, 0.15) is 37.5 Å². The van der Waals surface area contributed by atoms with Gasteiger partial charge in [0.25, 0.3) is 0 Å². The molecule has 0 radical (unpaired) electrons. The standard InChI is InChI=1S/C17H21BrN2O/c1-3-9-19-11-15-10-16(18)12-20-17(15)21-13(2)14-7-5-4-6-8-14/h4-8,10,12-13,19H,3,9,11H2,1-2H3. The lowest BCUT2D eigenvalue weighted by atomic mass is 10.1. The lowest BCUT2D eigenvalue weighted by molar-refractivity contribution is 0.214. The number of nitrogens with zero attached hydrogens (tertiary/aromatic N) is 1. The van der Waals surface area contributed by atoms with Gasteiger partial charge in [-0.15, -0.1) is 0 Å². The maximum Gasteiger partial charge on any atom is 0.218 e. The third kappa shape index (κ3) is 4.83. The van der Waals surface area contributed by atoms with Gasteiger partial charge in [0.2, 0.25) is 5.88 Å². The summed E-state index contributed by atoms with van der Waals surface area (Å²) in [6.07, 6.45) is 2.86. The van der Waals surface area contributed by atoms with Gasteiger partial charge in [-0.2, -0.15) is 0 Å². The normalized spacial score (nSPS) is 12.1. The van der Waals surface area contributed by atoms with Crippen LogP contribution in [0.25, 0.3) is 0 Å². The molecule has 0 amide bonds. The quantitative estimate of drug-likeness (QED) is 0.748. The van der Waals surface area contributed by atoms with E-state index in [4.69, 9.17) is 4.74 Å². The topological polar surface area (TPSA) is 34.2 Å². The average Bonchev–Trinajstić information content (AvgIpc) is 2.51. The summed E-state index contributed by atoms with van der Waals surface area (Å²) in [6, 6.07) is 12.2. The molecule has 1 aromatic heterocycles. The Morgan fingerprint density at radius 1 is 1.29 bits per heavy atom. The van der Waals surface area contributed by atoms with Crippen molar-refractivity contribution in [2.24, 2.45) is 0 Å². The van der Waals surface area contributed by atoms with Crippen LogP contribution < -0.4 is 10.1 Å². The molecule has 2 aromatic rings. The Balaban J connectivity index is 2.11. The first-order valence-corrected chi connectivity index (χ1v) is 8.06. The van der Waals surface area contributed by atoms with Crippen LogP contribution in [0.2, 0.25) is 0 Å². The summed E-state index contributed by atoms with van der Waals surface area (Å²) >= 11 is 3.47. The maximum atomic E-state index is 6.05. The van der Waals surface area contributed by atoms with Crippen LogP contribution in [-0.2, 0) is 6.54 Å². The van der Waals surface area contributed by atoms with Crippen molar-refractivity contribution in [2.45, 2.75) is 32.9 Å². The van der Waals surface area contributed by atoms with Gasteiger partial charge < -0.3 is 10.1 Å². The lowest BCUT2D eigenvalue weighted by Gasteiger charge is -2.17. The molecular weight excluding hydrogens is 328 g/mol. The Labute approximate surface area is 134 Å². The first-order valence-electron chi connectivity index (χ1n) is 7.27. The van der Waals surface area contributed by atoms with Crippen LogP contribution in [0, 0.1) is 0 Å². The van der Waals surface area contributed by atoms with Crippen molar-refractivity contribution in [3.8, 4) is 5.88 Å². The first-order chi connectivity index (χ1) is 10.2. The van der Waals surface area contributed by atoms with E-state index in [1.54, 1.807) is 6.20 Å². The summed E-state index contributed by atoms with van der Waals surface area (Å²) in [7, 11) is 0. The number of pyridine rings is 1. The van der Waals surface area contributed by atoms with Crippen molar-refractivity contribution in [3.05, 3.63) is 58.2 Å². The van der Waals surface area contributed by atoms with Crippen LogP contribution in [-0.4, -0.2) is 11.5 Å². The summed E-state index contributed by atoms with van der Waals surface area (Å²) < 4.78 is 7.01. The second-order valence-electron chi connectivity index (χ2n) is 4.97. The van der Waals surface area contributed by atoms with E-state index in [2.05, 4.69) is 51.4 Å². The van der Waals surface area contributed by atoms with Gasteiger partial charge in [-0.05, 0) is 47.4 Å². The molecule has 0 aliphatic heterocycles. The fourth-order valence-electron chi connectivity index (χ4n) is 2.06. The molecule has 1 N–H and O–H groups in total. The number of nitrogens with one attached hydrogen (secondary N) is 1. The van der Waals surface area contributed by atoms with Crippen molar-refractivity contribution in [1.82, 2.24) is 10.3 Å². The number of halogens is 1. The van der Waals surface area contributed by atoms with Crippen molar-refractivity contribution in [3.63, 3.8) is 0 Å². The van der Waals surface area contributed by atoms with Crippen LogP contribution in [0.15, 0.2) is 47.1 Å². The van der Waals surface area contributed by atoms with Crippen molar-refractivity contribution < 1.29 is 4.74 Å². The number of hydrogen-bond acceptors (Lipinski definition) is 3. The highest BCUT2D eigenvalue weighted by Crippen LogP contribution is 2.25. The molecule has 1 unspecified atom stereocenters. The molecule has 1 aromatic carbocycles. The van der Waals surface area contributed by atoms with E-state index in [1.165, 1.54) is 0 Å². The molecule has 3 nitrogen and oxygen atoms in total. The first kappa shape index (κ1) is 16.0. The molecule has 1 heterocycles. The highest BCUT2D eigenvalue weighted by Gasteiger charge is 2.12. The van der Waals surface area contributed by atoms with Crippen LogP contribution in [0.3, 0.4) is 0 Å². The van der Waals surface area contributed by atoms with Gasteiger partial charge in [0.15, 0.2) is 0 Å². The smallest absolute Gasteiger partial charge is 0.218 e. The maximum absolute atomic E-state index is 6.05. The summed E-state index contributed by atoms with van der Waals surface area (Å²) in [5.41, 5.74) is 2.22. The molecule has 0 aliphatic rings. The summed E-state index contributed by atoms with van der Waals surface area (Å²) in [4.78, 5) is 4.41. The molecule has 0 saturated heterocycles. The van der Waals surface area contributed by atoms with Crippen molar-refractivity contribution in [2.75, 3.05) is 6.54 Å². The molecule has 0 fully saturated rings. The van der Waals surface area contributed by atoms with Gasteiger partial charge >= 0.3 is 0 Å². The van der Waals surface area contributed by atoms with E-state index in [9.17, 15) is 0 Å². The zero-order valence-corrected chi connectivity index (χ0v) is 14.1. The second-order valence-corrected chi connectivity index (χ2v) is 5.88. The summed E-state index contributed by atoms with van der Waals surface area (Å²) in [5, 5.41) is 3.39. The van der Waals surface area contributed by atoms with Gasteiger partial charge in [-0.3, -0.25) is 0 Å². The predicted octanol–water partition coefficient (Wildman–Crippen LogP) is 4.48. The average molecular weight is 349 g/mol. The van der Waals surface area contributed by atoms with Gasteiger partial charge in [0, 0.05) is 22.8 Å². The Kier molecular flexibility index (Phi) is 6.21. The van der Waals surface area contributed by atoms with E-state index < -0.39 is 0 Å². The fourth-order valence-corrected chi connectivity index (χ4v) is 2.44. The largest absolute Gasteiger partial charge is 0.470 e. The minimum absolute atomic E-state index is 0.0233. The van der Waals surface area contributed by atoms with Crippen LogP contribution in [0.5, 0.6) is 5.88 Å². The Bertz CT molecular complexity index is 560. The molecule has 2 rings (SSSR count). The van der Waals surface area contributed by atoms with E-state index in [1.807, 2.05) is 25.1 Å². The minimum Gasteiger partial charge on any atom is -0.470 e. The summed E-state index contributed by atoms with van der Waals surface area (Å²) in [6.45, 7) is 5.95. The zero-order chi connectivity index (χ0) is 15.1. The van der Waals surface area contributed by atoms with Crippen molar-refractivity contribution >= 4 is 15.9 Å².